The lowest BCUT2D eigenvalue weighted by Gasteiger charge is -2.31. The minimum absolute atomic E-state index is 0.0189. The third-order valence-electron chi connectivity index (χ3n) is 4.28. The zero-order valence-corrected chi connectivity index (χ0v) is 14.2. The van der Waals surface area contributed by atoms with Crippen molar-refractivity contribution in [2.24, 2.45) is 5.92 Å². The molecule has 0 aromatic carbocycles. The second-order valence-electron chi connectivity index (χ2n) is 6.28. The maximum Gasteiger partial charge on any atom is 0.229 e. The van der Waals surface area contributed by atoms with E-state index in [1.165, 1.54) is 0 Å². The highest BCUT2D eigenvalue weighted by Gasteiger charge is 2.26. The van der Waals surface area contributed by atoms with E-state index in [1.807, 2.05) is 32.0 Å². The average molecular weight is 328 g/mol. The Morgan fingerprint density at radius 3 is 3.04 bits per heavy atom. The summed E-state index contributed by atoms with van der Waals surface area (Å²) in [5.74, 6) is 2.36. The molecule has 0 aliphatic carbocycles. The van der Waals surface area contributed by atoms with Gasteiger partial charge in [-0.2, -0.15) is 5.10 Å². The molecule has 1 aliphatic heterocycles. The fourth-order valence-electron chi connectivity index (χ4n) is 3.03. The molecule has 1 fully saturated rings. The molecule has 3 rings (SSSR count). The molecule has 2 N–H and O–H groups in total. The van der Waals surface area contributed by atoms with Gasteiger partial charge in [-0.1, -0.05) is 13.0 Å². The molecule has 128 valence electrons. The number of likely N-dealkylation sites (tertiary alicyclic amines) is 1. The number of pyridine rings is 1. The van der Waals surface area contributed by atoms with E-state index in [2.05, 4.69) is 30.4 Å². The van der Waals surface area contributed by atoms with Crippen LogP contribution in [-0.2, 0) is 17.8 Å². The van der Waals surface area contributed by atoms with Crippen LogP contribution < -0.4 is 5.32 Å². The number of nitrogens with zero attached hydrogens (tertiary/aromatic N) is 4. The van der Waals surface area contributed by atoms with Crippen LogP contribution in [0.4, 0.5) is 5.82 Å². The van der Waals surface area contributed by atoms with Gasteiger partial charge in [0.15, 0.2) is 0 Å². The normalized spacial score (nSPS) is 18.5. The number of nitrogens with one attached hydrogen (secondary N) is 2. The molecule has 7 nitrogen and oxygen atoms in total. The summed E-state index contributed by atoms with van der Waals surface area (Å²) in [6.07, 6.45) is 2.74. The zero-order valence-electron chi connectivity index (χ0n) is 14.2. The first-order chi connectivity index (χ1) is 11.6. The molecule has 2 aromatic heterocycles. The number of carbonyl (C=O) groups excluding carboxylic acids is 1. The van der Waals surface area contributed by atoms with Crippen LogP contribution in [0, 0.1) is 12.8 Å². The third kappa shape index (κ3) is 4.17. The standard InChI is InChI=1S/C17H24N6O/c1-3-14-19-16(22-21-14)11-23-9-5-7-13(10-23)17(24)20-15-8-4-6-12(2)18-15/h4,6,8,13H,3,5,7,9-11H2,1-2H3,(H,18,20,24)(H,19,21,22). The van der Waals surface area contributed by atoms with E-state index in [1.54, 1.807) is 0 Å². The minimum atomic E-state index is -0.0189. The van der Waals surface area contributed by atoms with Gasteiger partial charge in [0.05, 0.1) is 12.5 Å². The van der Waals surface area contributed by atoms with Crippen LogP contribution in [0.1, 0.15) is 37.1 Å². The highest BCUT2D eigenvalue weighted by molar-refractivity contribution is 5.91. The van der Waals surface area contributed by atoms with E-state index in [0.29, 0.717) is 12.4 Å². The number of aryl methyl sites for hydroxylation is 2. The van der Waals surface area contributed by atoms with Crippen LogP contribution >= 0.6 is 0 Å². The van der Waals surface area contributed by atoms with E-state index in [0.717, 1.165) is 49.7 Å². The molecule has 1 saturated heterocycles. The van der Waals surface area contributed by atoms with Gasteiger partial charge in [-0.3, -0.25) is 14.8 Å². The summed E-state index contributed by atoms with van der Waals surface area (Å²) >= 11 is 0. The highest BCUT2D eigenvalue weighted by Crippen LogP contribution is 2.19. The monoisotopic (exact) mass is 328 g/mol. The predicted molar refractivity (Wildman–Crippen MR) is 91.4 cm³/mol. The van der Waals surface area contributed by atoms with E-state index >= 15 is 0 Å². The molecule has 2 aromatic rings. The van der Waals surface area contributed by atoms with E-state index < -0.39 is 0 Å². The Labute approximate surface area is 141 Å². The Morgan fingerprint density at radius 2 is 2.29 bits per heavy atom. The number of amides is 1. The molecule has 1 aliphatic rings. The summed E-state index contributed by atoms with van der Waals surface area (Å²) in [6, 6.07) is 5.65. The van der Waals surface area contributed by atoms with E-state index in [4.69, 9.17) is 0 Å². The van der Waals surface area contributed by atoms with Gasteiger partial charge >= 0.3 is 0 Å². The maximum absolute atomic E-state index is 12.5. The quantitative estimate of drug-likeness (QED) is 0.875. The molecule has 0 bridgehead atoms. The van der Waals surface area contributed by atoms with Gasteiger partial charge < -0.3 is 5.32 Å². The maximum atomic E-state index is 12.5. The average Bonchev–Trinajstić information content (AvgIpc) is 3.03. The zero-order chi connectivity index (χ0) is 16.9. The molecule has 0 radical (unpaired) electrons. The van der Waals surface area contributed by atoms with Crippen LogP contribution in [0.25, 0.3) is 0 Å². The summed E-state index contributed by atoms with van der Waals surface area (Å²) in [5.41, 5.74) is 0.898. The van der Waals surface area contributed by atoms with Crippen molar-refractivity contribution in [3.63, 3.8) is 0 Å². The van der Waals surface area contributed by atoms with Crippen LogP contribution in [0.3, 0.4) is 0 Å². The van der Waals surface area contributed by atoms with Crippen molar-refractivity contribution in [2.75, 3.05) is 18.4 Å². The SMILES string of the molecule is CCc1n[nH]c(CN2CCCC(C(=O)Nc3cccc(C)n3)C2)n1. The molecule has 0 spiro atoms. The number of hydrogen-bond acceptors (Lipinski definition) is 5. The van der Waals surface area contributed by atoms with Gasteiger partial charge in [0, 0.05) is 18.7 Å². The van der Waals surface area contributed by atoms with Gasteiger partial charge in [-0.15, -0.1) is 0 Å². The molecule has 1 unspecified atom stereocenters. The van der Waals surface area contributed by atoms with E-state index in [-0.39, 0.29) is 11.8 Å². The molecule has 0 saturated carbocycles. The first-order valence-corrected chi connectivity index (χ1v) is 8.51. The van der Waals surface area contributed by atoms with Crippen molar-refractivity contribution in [3.8, 4) is 0 Å². The van der Waals surface area contributed by atoms with Crippen molar-refractivity contribution >= 4 is 11.7 Å². The van der Waals surface area contributed by atoms with Crippen molar-refractivity contribution in [1.82, 2.24) is 25.1 Å². The smallest absolute Gasteiger partial charge is 0.229 e. The van der Waals surface area contributed by atoms with E-state index in [9.17, 15) is 4.79 Å². The van der Waals surface area contributed by atoms with Crippen LogP contribution in [0.2, 0.25) is 0 Å². The third-order valence-corrected chi connectivity index (χ3v) is 4.28. The number of anilines is 1. The van der Waals surface area contributed by atoms with Crippen LogP contribution in [0.15, 0.2) is 18.2 Å². The first kappa shape index (κ1) is 16.6. The lowest BCUT2D eigenvalue weighted by Crippen LogP contribution is -2.40. The van der Waals surface area contributed by atoms with Gasteiger partial charge in [-0.25, -0.2) is 9.97 Å². The lowest BCUT2D eigenvalue weighted by atomic mass is 9.97. The first-order valence-electron chi connectivity index (χ1n) is 8.51. The summed E-state index contributed by atoms with van der Waals surface area (Å²) in [4.78, 5) is 23.6. The van der Waals surface area contributed by atoms with Crippen molar-refractivity contribution in [2.45, 2.75) is 39.7 Å². The van der Waals surface area contributed by atoms with Crippen LogP contribution in [-0.4, -0.2) is 44.1 Å². The van der Waals surface area contributed by atoms with Crippen molar-refractivity contribution in [3.05, 3.63) is 35.5 Å². The van der Waals surface area contributed by atoms with Gasteiger partial charge in [0.25, 0.3) is 0 Å². The van der Waals surface area contributed by atoms with Crippen LogP contribution in [0.5, 0.6) is 0 Å². The largest absolute Gasteiger partial charge is 0.310 e. The summed E-state index contributed by atoms with van der Waals surface area (Å²) in [6.45, 7) is 6.38. The van der Waals surface area contributed by atoms with Crippen molar-refractivity contribution in [1.29, 1.82) is 0 Å². The number of piperidine rings is 1. The Bertz CT molecular complexity index is 698. The topological polar surface area (TPSA) is 86.8 Å². The lowest BCUT2D eigenvalue weighted by molar-refractivity contribution is -0.121. The van der Waals surface area contributed by atoms with Crippen molar-refractivity contribution < 1.29 is 4.79 Å². The molecule has 3 heterocycles. The van der Waals surface area contributed by atoms with Gasteiger partial charge in [0.1, 0.15) is 17.5 Å². The fraction of sp³-hybridized carbons (Fsp3) is 0.529. The molecular formula is C17H24N6O. The number of aromatic nitrogens is 4. The minimum Gasteiger partial charge on any atom is -0.310 e. The highest BCUT2D eigenvalue weighted by atomic mass is 16.2. The molecular weight excluding hydrogens is 304 g/mol. The molecule has 24 heavy (non-hydrogen) atoms. The molecule has 1 atom stereocenters. The fourth-order valence-corrected chi connectivity index (χ4v) is 3.03. The summed E-state index contributed by atoms with van der Waals surface area (Å²) in [7, 11) is 0. The Morgan fingerprint density at radius 1 is 1.42 bits per heavy atom. The molecule has 7 heteroatoms. The Hall–Kier alpha value is -2.28. The second kappa shape index (κ2) is 7.53. The second-order valence-corrected chi connectivity index (χ2v) is 6.28. The van der Waals surface area contributed by atoms with Gasteiger partial charge in [0.2, 0.25) is 5.91 Å². The predicted octanol–water partition coefficient (Wildman–Crippen LogP) is 1.92. The number of hydrogen-bond donors (Lipinski definition) is 2. The number of aromatic amines is 1. The Balaban J connectivity index is 1.57. The molecule has 1 amide bonds. The van der Waals surface area contributed by atoms with Gasteiger partial charge in [-0.05, 0) is 38.4 Å². The number of carbonyl (C=O) groups is 1. The number of rotatable bonds is 5. The summed E-state index contributed by atoms with van der Waals surface area (Å²) in [5, 5.41) is 10.1. The Kier molecular flexibility index (Phi) is 5.20. The number of H-pyrrole nitrogens is 1. The summed E-state index contributed by atoms with van der Waals surface area (Å²) < 4.78 is 0.